The number of nitrogens with zero attached hydrogens (tertiary/aromatic N) is 1. The lowest BCUT2D eigenvalue weighted by atomic mass is 10.1. The maximum absolute atomic E-state index is 11.3. The van der Waals surface area contributed by atoms with Crippen LogP contribution in [0, 0.1) is 5.92 Å². The minimum absolute atomic E-state index is 0.0650. The zero-order valence-electron chi connectivity index (χ0n) is 11.2. The maximum Gasteiger partial charge on any atom is 0.309 e. The molecule has 0 spiro atoms. The number of rotatable bonds is 6. The van der Waals surface area contributed by atoms with Crippen LogP contribution in [0.1, 0.15) is 18.1 Å². The second-order valence-corrected chi connectivity index (χ2v) is 4.60. The molecular weight excluding hydrogens is 230 g/mol. The summed E-state index contributed by atoms with van der Waals surface area (Å²) in [6.45, 7) is 3.36. The normalized spacial score (nSPS) is 12.5. The molecule has 1 unspecified atom stereocenters. The van der Waals surface area contributed by atoms with Gasteiger partial charge in [-0.3, -0.25) is 4.79 Å². The minimum Gasteiger partial charge on any atom is -0.469 e. The molecule has 18 heavy (non-hydrogen) atoms. The number of hydrogen-bond acceptors (Lipinski definition) is 4. The molecule has 1 N–H and O–H groups in total. The summed E-state index contributed by atoms with van der Waals surface area (Å²) in [4.78, 5) is 13.4. The van der Waals surface area contributed by atoms with E-state index in [4.69, 9.17) is 9.84 Å². The molecule has 0 bridgehead atoms. The van der Waals surface area contributed by atoms with Gasteiger partial charge in [0.2, 0.25) is 0 Å². The van der Waals surface area contributed by atoms with Crippen LogP contribution in [0.3, 0.4) is 0 Å². The molecule has 0 amide bonds. The van der Waals surface area contributed by atoms with Gasteiger partial charge in [-0.05, 0) is 18.2 Å². The van der Waals surface area contributed by atoms with Crippen LogP contribution >= 0.6 is 0 Å². The Kier molecular flexibility index (Phi) is 5.82. The second kappa shape index (κ2) is 7.13. The Morgan fingerprint density at radius 2 is 1.89 bits per heavy atom. The average molecular weight is 251 g/mol. The second-order valence-electron chi connectivity index (χ2n) is 4.60. The smallest absolute Gasteiger partial charge is 0.309 e. The molecule has 0 saturated heterocycles. The number of esters is 1. The molecule has 0 aliphatic heterocycles. The van der Waals surface area contributed by atoms with Crippen LogP contribution in [-0.2, 0) is 22.7 Å². The van der Waals surface area contributed by atoms with E-state index in [1.807, 2.05) is 38.2 Å². The average Bonchev–Trinajstić information content (AvgIpc) is 2.38. The zero-order chi connectivity index (χ0) is 13.5. The van der Waals surface area contributed by atoms with E-state index < -0.39 is 0 Å². The first-order valence-corrected chi connectivity index (χ1v) is 6.02. The van der Waals surface area contributed by atoms with Gasteiger partial charge in [0, 0.05) is 13.1 Å². The number of carbonyl (C=O) groups is 1. The van der Waals surface area contributed by atoms with Gasteiger partial charge in [-0.1, -0.05) is 31.2 Å². The molecule has 4 nitrogen and oxygen atoms in total. The molecule has 4 heteroatoms. The van der Waals surface area contributed by atoms with Crippen molar-refractivity contribution >= 4 is 5.97 Å². The lowest BCUT2D eigenvalue weighted by molar-refractivity contribution is -0.145. The van der Waals surface area contributed by atoms with Crippen molar-refractivity contribution in [2.45, 2.75) is 20.1 Å². The fourth-order valence-corrected chi connectivity index (χ4v) is 1.87. The van der Waals surface area contributed by atoms with Gasteiger partial charge in [0.1, 0.15) is 0 Å². The first kappa shape index (κ1) is 14.7. The first-order valence-electron chi connectivity index (χ1n) is 6.02. The largest absolute Gasteiger partial charge is 0.469 e. The Balaban J connectivity index is 2.48. The highest BCUT2D eigenvalue weighted by Crippen LogP contribution is 2.08. The Labute approximate surface area is 108 Å². The van der Waals surface area contributed by atoms with Crippen LogP contribution in [0.4, 0.5) is 0 Å². The predicted octanol–water partition coefficient (Wildman–Crippen LogP) is 1.42. The SMILES string of the molecule is COC(=O)C(C)CN(C)Cc1ccc(CO)cc1. The predicted molar refractivity (Wildman–Crippen MR) is 69.9 cm³/mol. The lowest BCUT2D eigenvalue weighted by Crippen LogP contribution is -2.29. The molecule has 0 saturated carbocycles. The van der Waals surface area contributed by atoms with E-state index in [2.05, 4.69) is 4.90 Å². The summed E-state index contributed by atoms with van der Waals surface area (Å²) in [6, 6.07) is 7.80. The van der Waals surface area contributed by atoms with E-state index >= 15 is 0 Å². The molecule has 0 heterocycles. The molecule has 1 aromatic carbocycles. The third-order valence-electron chi connectivity index (χ3n) is 2.85. The fourth-order valence-electron chi connectivity index (χ4n) is 1.87. The van der Waals surface area contributed by atoms with Gasteiger partial charge in [0.05, 0.1) is 19.6 Å². The Morgan fingerprint density at radius 3 is 2.39 bits per heavy atom. The summed E-state index contributed by atoms with van der Waals surface area (Å²) < 4.78 is 4.70. The van der Waals surface area contributed by atoms with E-state index in [0.717, 1.165) is 17.7 Å². The Morgan fingerprint density at radius 1 is 1.33 bits per heavy atom. The van der Waals surface area contributed by atoms with E-state index in [9.17, 15) is 4.79 Å². The van der Waals surface area contributed by atoms with Gasteiger partial charge < -0.3 is 14.7 Å². The number of aliphatic hydroxyl groups is 1. The van der Waals surface area contributed by atoms with Crippen LogP contribution < -0.4 is 0 Å². The van der Waals surface area contributed by atoms with Crippen molar-refractivity contribution in [2.24, 2.45) is 5.92 Å². The van der Waals surface area contributed by atoms with Crippen molar-refractivity contribution < 1.29 is 14.6 Å². The van der Waals surface area contributed by atoms with Crippen LogP contribution in [0.5, 0.6) is 0 Å². The summed E-state index contributed by atoms with van der Waals surface area (Å²) in [5.41, 5.74) is 2.07. The molecule has 100 valence electrons. The summed E-state index contributed by atoms with van der Waals surface area (Å²) in [7, 11) is 3.38. The van der Waals surface area contributed by atoms with E-state index in [0.29, 0.717) is 6.54 Å². The van der Waals surface area contributed by atoms with Crippen molar-refractivity contribution in [3.05, 3.63) is 35.4 Å². The monoisotopic (exact) mass is 251 g/mol. The highest BCUT2D eigenvalue weighted by atomic mass is 16.5. The summed E-state index contributed by atoms with van der Waals surface area (Å²) in [5, 5.41) is 8.96. The number of carbonyl (C=O) groups excluding carboxylic acids is 1. The number of ether oxygens (including phenoxy) is 1. The van der Waals surface area contributed by atoms with E-state index in [1.54, 1.807) is 0 Å². The Bertz CT molecular complexity index is 375. The van der Waals surface area contributed by atoms with Gasteiger partial charge in [-0.2, -0.15) is 0 Å². The van der Waals surface area contributed by atoms with Gasteiger partial charge in [-0.25, -0.2) is 0 Å². The zero-order valence-corrected chi connectivity index (χ0v) is 11.2. The molecular formula is C14H21NO3. The molecule has 0 aromatic heterocycles. The molecule has 1 aromatic rings. The van der Waals surface area contributed by atoms with Crippen molar-refractivity contribution in [3.63, 3.8) is 0 Å². The third kappa shape index (κ3) is 4.47. The van der Waals surface area contributed by atoms with Gasteiger partial charge in [0.25, 0.3) is 0 Å². The van der Waals surface area contributed by atoms with Gasteiger partial charge in [0.15, 0.2) is 0 Å². The topological polar surface area (TPSA) is 49.8 Å². The molecule has 0 aliphatic carbocycles. The lowest BCUT2D eigenvalue weighted by Gasteiger charge is -2.20. The Hall–Kier alpha value is -1.39. The van der Waals surface area contributed by atoms with Crippen molar-refractivity contribution in [3.8, 4) is 0 Å². The van der Waals surface area contributed by atoms with E-state index in [-0.39, 0.29) is 18.5 Å². The van der Waals surface area contributed by atoms with Gasteiger partial charge in [-0.15, -0.1) is 0 Å². The number of methoxy groups -OCH3 is 1. The third-order valence-corrected chi connectivity index (χ3v) is 2.85. The summed E-state index contributed by atoms with van der Waals surface area (Å²) in [6.07, 6.45) is 0. The quantitative estimate of drug-likeness (QED) is 0.777. The van der Waals surface area contributed by atoms with Crippen molar-refractivity contribution in [1.29, 1.82) is 0 Å². The molecule has 0 aliphatic rings. The minimum atomic E-state index is -0.183. The molecule has 1 atom stereocenters. The highest BCUT2D eigenvalue weighted by Gasteiger charge is 2.15. The standard InChI is InChI=1S/C14H21NO3/c1-11(14(17)18-3)8-15(2)9-12-4-6-13(10-16)7-5-12/h4-7,11,16H,8-10H2,1-3H3. The molecule has 1 rings (SSSR count). The summed E-state index contributed by atoms with van der Waals surface area (Å²) in [5.74, 6) is -0.311. The van der Waals surface area contributed by atoms with Crippen LogP contribution in [0.15, 0.2) is 24.3 Å². The van der Waals surface area contributed by atoms with E-state index in [1.165, 1.54) is 7.11 Å². The van der Waals surface area contributed by atoms with Crippen LogP contribution in [-0.4, -0.2) is 36.7 Å². The number of hydrogen-bond donors (Lipinski definition) is 1. The fraction of sp³-hybridized carbons (Fsp3) is 0.500. The van der Waals surface area contributed by atoms with Crippen LogP contribution in [0.25, 0.3) is 0 Å². The number of aliphatic hydroxyl groups excluding tert-OH is 1. The van der Waals surface area contributed by atoms with Crippen molar-refractivity contribution in [2.75, 3.05) is 20.7 Å². The maximum atomic E-state index is 11.3. The first-order chi connectivity index (χ1) is 8.56. The van der Waals surface area contributed by atoms with Crippen molar-refractivity contribution in [1.82, 2.24) is 4.90 Å². The summed E-state index contributed by atoms with van der Waals surface area (Å²) >= 11 is 0. The highest BCUT2D eigenvalue weighted by molar-refractivity contribution is 5.72. The molecule has 0 radical (unpaired) electrons. The van der Waals surface area contributed by atoms with Crippen LogP contribution in [0.2, 0.25) is 0 Å². The molecule has 0 fully saturated rings. The van der Waals surface area contributed by atoms with Gasteiger partial charge >= 0.3 is 5.97 Å². The number of benzene rings is 1.